The number of thioether (sulfide) groups is 1. The summed E-state index contributed by atoms with van der Waals surface area (Å²) in [5.41, 5.74) is 1.26. The smallest absolute Gasteiger partial charge is 0.271 e. The van der Waals surface area contributed by atoms with Gasteiger partial charge in [0.05, 0.1) is 18.3 Å². The number of nitrogens with one attached hydrogen (secondary N) is 1. The zero-order chi connectivity index (χ0) is 23.3. The molecule has 6 nitrogen and oxygen atoms in total. The molecule has 33 heavy (non-hydrogen) atoms. The molecule has 1 fully saturated rings. The molecular formula is C26H37N3O3S. The van der Waals surface area contributed by atoms with Gasteiger partial charge in [-0.3, -0.25) is 9.59 Å². The molecular weight excluding hydrogens is 434 g/mol. The fourth-order valence-corrected chi connectivity index (χ4v) is 6.03. The average molecular weight is 472 g/mol. The van der Waals surface area contributed by atoms with Gasteiger partial charge >= 0.3 is 0 Å². The van der Waals surface area contributed by atoms with Gasteiger partial charge in [0.2, 0.25) is 5.91 Å². The predicted molar refractivity (Wildman–Crippen MR) is 135 cm³/mol. The number of fused-ring (bicyclic) bond motifs is 3. The second kappa shape index (κ2) is 10.9. The van der Waals surface area contributed by atoms with Crippen LogP contribution in [0.3, 0.4) is 0 Å². The SMILES string of the molecule is C=CCCSCCCN1C(=O)c2cc3occc3n2CC1(C)C(=O)NC1CCCCCCC1. The van der Waals surface area contributed by atoms with Crippen molar-refractivity contribution in [3.05, 3.63) is 36.7 Å². The molecule has 1 saturated carbocycles. The minimum atomic E-state index is -0.929. The van der Waals surface area contributed by atoms with Crippen molar-refractivity contribution in [2.45, 2.75) is 82.8 Å². The molecule has 2 aromatic rings. The van der Waals surface area contributed by atoms with Gasteiger partial charge in [-0.05, 0) is 44.1 Å². The lowest BCUT2D eigenvalue weighted by atomic mass is 9.92. The van der Waals surface area contributed by atoms with Crippen molar-refractivity contribution in [2.24, 2.45) is 0 Å². The highest BCUT2D eigenvalue weighted by molar-refractivity contribution is 7.99. The summed E-state index contributed by atoms with van der Waals surface area (Å²) in [6, 6.07) is 3.89. The van der Waals surface area contributed by atoms with E-state index in [-0.39, 0.29) is 17.9 Å². The Kier molecular flexibility index (Phi) is 7.89. The van der Waals surface area contributed by atoms with Crippen LogP contribution in [0.5, 0.6) is 0 Å². The maximum atomic E-state index is 13.8. The lowest BCUT2D eigenvalue weighted by molar-refractivity contribution is -0.133. The molecule has 2 aromatic heterocycles. The van der Waals surface area contributed by atoms with Crippen molar-refractivity contribution >= 4 is 34.7 Å². The summed E-state index contributed by atoms with van der Waals surface area (Å²) in [6.07, 6.45) is 13.6. The highest BCUT2D eigenvalue weighted by Gasteiger charge is 2.48. The van der Waals surface area contributed by atoms with Crippen molar-refractivity contribution in [1.29, 1.82) is 0 Å². The van der Waals surface area contributed by atoms with Crippen LogP contribution in [0.25, 0.3) is 11.1 Å². The number of rotatable bonds is 9. The Morgan fingerprint density at radius 1 is 1.27 bits per heavy atom. The summed E-state index contributed by atoms with van der Waals surface area (Å²) < 4.78 is 7.53. The first kappa shape index (κ1) is 24.0. The van der Waals surface area contributed by atoms with Crippen molar-refractivity contribution in [3.8, 4) is 0 Å². The molecule has 1 aliphatic carbocycles. The molecule has 0 aromatic carbocycles. The van der Waals surface area contributed by atoms with Crippen LogP contribution in [0.15, 0.2) is 35.5 Å². The van der Waals surface area contributed by atoms with Gasteiger partial charge in [-0.15, -0.1) is 6.58 Å². The average Bonchev–Trinajstić information content (AvgIpc) is 3.37. The molecule has 7 heteroatoms. The summed E-state index contributed by atoms with van der Waals surface area (Å²) in [7, 11) is 0. The molecule has 1 aliphatic heterocycles. The largest absolute Gasteiger partial charge is 0.463 e. The molecule has 0 radical (unpaired) electrons. The van der Waals surface area contributed by atoms with Gasteiger partial charge in [-0.25, -0.2) is 0 Å². The highest BCUT2D eigenvalue weighted by Crippen LogP contribution is 2.33. The Hall–Kier alpha value is -2.15. The molecule has 1 unspecified atom stereocenters. The van der Waals surface area contributed by atoms with Gasteiger partial charge in [0.1, 0.15) is 11.2 Å². The van der Waals surface area contributed by atoms with E-state index in [9.17, 15) is 9.59 Å². The van der Waals surface area contributed by atoms with E-state index < -0.39 is 5.54 Å². The third kappa shape index (κ3) is 5.18. The standard InChI is InChI=1S/C26H37N3O3S/c1-3-4-16-33-17-10-14-29-24(30)22-18-23-21(13-15-32-23)28(22)19-26(29,2)25(31)27-20-11-8-6-5-7-9-12-20/h3,13,15,18,20H,1,4-12,14,16-17,19H2,2H3,(H,27,31). The van der Waals surface area contributed by atoms with Crippen molar-refractivity contribution < 1.29 is 14.0 Å². The van der Waals surface area contributed by atoms with E-state index in [0.717, 1.165) is 55.5 Å². The monoisotopic (exact) mass is 471 g/mol. The first-order valence-electron chi connectivity index (χ1n) is 12.4. The van der Waals surface area contributed by atoms with Crippen LogP contribution >= 0.6 is 11.8 Å². The van der Waals surface area contributed by atoms with E-state index in [2.05, 4.69) is 11.9 Å². The summed E-state index contributed by atoms with van der Waals surface area (Å²) >= 11 is 1.87. The topological polar surface area (TPSA) is 67.5 Å². The molecule has 0 bridgehead atoms. The molecule has 1 N–H and O–H groups in total. The molecule has 4 rings (SSSR count). The van der Waals surface area contributed by atoms with Gasteiger partial charge in [0.15, 0.2) is 5.58 Å². The van der Waals surface area contributed by atoms with Crippen molar-refractivity contribution in [2.75, 3.05) is 18.1 Å². The quantitative estimate of drug-likeness (QED) is 0.394. The number of allylic oxidation sites excluding steroid dienone is 1. The molecule has 2 amide bonds. The first-order valence-corrected chi connectivity index (χ1v) is 13.6. The Morgan fingerprint density at radius 3 is 2.79 bits per heavy atom. The Morgan fingerprint density at radius 2 is 2.03 bits per heavy atom. The third-order valence-electron chi connectivity index (χ3n) is 7.12. The van der Waals surface area contributed by atoms with E-state index in [1.54, 1.807) is 6.26 Å². The summed E-state index contributed by atoms with van der Waals surface area (Å²) in [4.78, 5) is 29.2. The lowest BCUT2D eigenvalue weighted by Gasteiger charge is -2.44. The van der Waals surface area contributed by atoms with Crippen LogP contribution in [0.4, 0.5) is 0 Å². The summed E-state index contributed by atoms with van der Waals surface area (Å²) in [5.74, 6) is 1.88. The minimum absolute atomic E-state index is 0.0308. The number of carbonyl (C=O) groups excluding carboxylic acids is 2. The van der Waals surface area contributed by atoms with Crippen LogP contribution in [0, 0.1) is 0 Å². The van der Waals surface area contributed by atoms with Crippen molar-refractivity contribution in [1.82, 2.24) is 14.8 Å². The maximum absolute atomic E-state index is 13.8. The van der Waals surface area contributed by atoms with E-state index >= 15 is 0 Å². The van der Waals surface area contributed by atoms with Crippen LogP contribution in [-0.2, 0) is 11.3 Å². The summed E-state index contributed by atoms with van der Waals surface area (Å²) in [6.45, 7) is 6.72. The molecule has 1 atom stereocenters. The number of hydrogen-bond donors (Lipinski definition) is 1. The van der Waals surface area contributed by atoms with Crippen LogP contribution in [0.2, 0.25) is 0 Å². The number of aromatic nitrogens is 1. The van der Waals surface area contributed by atoms with Crippen LogP contribution in [-0.4, -0.2) is 50.9 Å². The summed E-state index contributed by atoms with van der Waals surface area (Å²) in [5, 5.41) is 3.34. The number of carbonyl (C=O) groups is 2. The fourth-order valence-electron chi connectivity index (χ4n) is 5.16. The van der Waals surface area contributed by atoms with Gasteiger partial charge in [-0.2, -0.15) is 11.8 Å². The van der Waals surface area contributed by atoms with Crippen molar-refractivity contribution in [3.63, 3.8) is 0 Å². The lowest BCUT2D eigenvalue weighted by Crippen LogP contribution is -2.65. The second-order valence-corrected chi connectivity index (χ2v) is 10.8. The highest BCUT2D eigenvalue weighted by atomic mass is 32.2. The minimum Gasteiger partial charge on any atom is -0.463 e. The molecule has 2 aliphatic rings. The van der Waals surface area contributed by atoms with E-state index in [0.29, 0.717) is 24.4 Å². The van der Waals surface area contributed by atoms with E-state index in [1.165, 1.54) is 19.3 Å². The number of hydrogen-bond acceptors (Lipinski definition) is 4. The first-order chi connectivity index (χ1) is 16.0. The number of nitrogens with zero attached hydrogens (tertiary/aromatic N) is 2. The van der Waals surface area contributed by atoms with Gasteiger partial charge in [0, 0.05) is 24.7 Å². The normalized spacial score (nSPS) is 22.1. The zero-order valence-corrected chi connectivity index (χ0v) is 20.6. The third-order valence-corrected chi connectivity index (χ3v) is 8.22. The molecule has 3 heterocycles. The van der Waals surface area contributed by atoms with E-state index in [4.69, 9.17) is 4.42 Å². The Bertz CT molecular complexity index is 973. The number of furan rings is 1. The van der Waals surface area contributed by atoms with Gasteiger partial charge in [0.25, 0.3) is 5.91 Å². The Balaban J connectivity index is 1.54. The van der Waals surface area contributed by atoms with Crippen LogP contribution in [0.1, 0.15) is 75.2 Å². The number of amides is 2. The van der Waals surface area contributed by atoms with Gasteiger partial charge < -0.3 is 19.2 Å². The van der Waals surface area contributed by atoms with Gasteiger partial charge in [-0.1, -0.05) is 38.2 Å². The molecule has 0 spiro atoms. The van der Waals surface area contributed by atoms with E-state index in [1.807, 2.05) is 46.4 Å². The Labute approximate surface area is 201 Å². The molecule has 0 saturated heterocycles. The van der Waals surface area contributed by atoms with Crippen LogP contribution < -0.4 is 5.32 Å². The zero-order valence-electron chi connectivity index (χ0n) is 19.8. The second-order valence-electron chi connectivity index (χ2n) is 9.58. The predicted octanol–water partition coefficient (Wildman–Crippen LogP) is 5.38. The molecule has 180 valence electrons. The maximum Gasteiger partial charge on any atom is 0.271 e. The fraction of sp³-hybridized carbons (Fsp3) is 0.615.